The Labute approximate surface area is 187 Å². The number of carbonyl (C=O) groups is 2. The summed E-state index contributed by atoms with van der Waals surface area (Å²) in [6.45, 7) is 22.0. The van der Waals surface area contributed by atoms with Crippen molar-refractivity contribution >= 4 is 11.6 Å². The summed E-state index contributed by atoms with van der Waals surface area (Å²) < 4.78 is 0. The third-order valence-electron chi connectivity index (χ3n) is 5.99. The minimum atomic E-state index is 0.137. The van der Waals surface area contributed by atoms with Crippen LogP contribution in [0.1, 0.15) is 106 Å². The number of rotatable bonds is 15. The summed E-state index contributed by atoms with van der Waals surface area (Å²) in [6, 6.07) is 0. The molecule has 0 spiro atoms. The fraction of sp³-hybridized carbons (Fsp3) is 0.643. The standard InChI is InChI=1S/C15H26O.C13H22O/c1-6-11-15(9-4,10-5)12-13(7-2)14(16)8-3;1-5-9-11(6-2)10-12(7-3)13(14)8-4/h6,12H,1,7-11H2,2-5H3;5,10-11H,1,6-9H2,2-4H3/b13-12+;12-10+. The Bertz CT molecular complexity index is 573. The molecule has 2 heteroatoms. The highest BCUT2D eigenvalue weighted by Crippen LogP contribution is 2.34. The molecule has 2 nitrogen and oxygen atoms in total. The van der Waals surface area contributed by atoms with Crippen LogP contribution in [-0.2, 0) is 9.59 Å². The molecular formula is C28H48O2. The summed E-state index contributed by atoms with van der Waals surface area (Å²) in [4.78, 5) is 23.3. The van der Waals surface area contributed by atoms with E-state index in [2.05, 4.69) is 53.0 Å². The van der Waals surface area contributed by atoms with Crippen molar-refractivity contribution < 1.29 is 9.59 Å². The van der Waals surface area contributed by atoms with E-state index in [0.29, 0.717) is 18.8 Å². The van der Waals surface area contributed by atoms with Crippen LogP contribution in [0.4, 0.5) is 0 Å². The van der Waals surface area contributed by atoms with Crippen molar-refractivity contribution in [2.75, 3.05) is 0 Å². The van der Waals surface area contributed by atoms with Crippen molar-refractivity contribution in [3.8, 4) is 0 Å². The minimum absolute atomic E-state index is 0.137. The van der Waals surface area contributed by atoms with E-state index in [1.165, 1.54) is 0 Å². The Morgan fingerprint density at radius 3 is 1.60 bits per heavy atom. The molecule has 0 saturated heterocycles. The van der Waals surface area contributed by atoms with Gasteiger partial charge >= 0.3 is 0 Å². The molecule has 0 bridgehead atoms. The van der Waals surface area contributed by atoms with E-state index in [-0.39, 0.29) is 17.0 Å². The maximum atomic E-state index is 11.8. The van der Waals surface area contributed by atoms with Gasteiger partial charge in [-0.2, -0.15) is 0 Å². The van der Waals surface area contributed by atoms with Crippen LogP contribution in [0.2, 0.25) is 0 Å². The average molecular weight is 417 g/mol. The van der Waals surface area contributed by atoms with Gasteiger partial charge in [-0.25, -0.2) is 0 Å². The highest BCUT2D eigenvalue weighted by atomic mass is 16.1. The Hall–Kier alpha value is -1.70. The van der Waals surface area contributed by atoms with E-state index < -0.39 is 0 Å². The number of ketones is 2. The van der Waals surface area contributed by atoms with Crippen LogP contribution in [0.15, 0.2) is 48.6 Å². The molecule has 0 aromatic rings. The second kappa shape index (κ2) is 18.1. The predicted molar refractivity (Wildman–Crippen MR) is 134 cm³/mol. The first kappa shape index (κ1) is 30.5. The summed E-state index contributed by atoms with van der Waals surface area (Å²) >= 11 is 0. The fourth-order valence-corrected chi connectivity index (χ4v) is 3.55. The van der Waals surface area contributed by atoms with Gasteiger partial charge in [0.2, 0.25) is 0 Å². The molecule has 0 aromatic heterocycles. The van der Waals surface area contributed by atoms with Crippen LogP contribution in [0.5, 0.6) is 0 Å². The largest absolute Gasteiger partial charge is 0.295 e. The molecule has 0 heterocycles. The molecule has 0 aromatic carbocycles. The van der Waals surface area contributed by atoms with Gasteiger partial charge in [-0.3, -0.25) is 9.59 Å². The first-order chi connectivity index (χ1) is 14.3. The highest BCUT2D eigenvalue weighted by molar-refractivity contribution is 5.95. The zero-order valence-electron chi connectivity index (χ0n) is 21.0. The Morgan fingerprint density at radius 1 is 0.767 bits per heavy atom. The van der Waals surface area contributed by atoms with Crippen molar-refractivity contribution in [1.82, 2.24) is 0 Å². The van der Waals surface area contributed by atoms with Gasteiger partial charge in [0.05, 0.1) is 0 Å². The Balaban J connectivity index is 0. The third kappa shape index (κ3) is 11.5. The molecule has 0 rings (SSSR count). The molecule has 172 valence electrons. The molecule has 0 aliphatic rings. The van der Waals surface area contributed by atoms with Crippen LogP contribution < -0.4 is 0 Å². The summed E-state index contributed by atoms with van der Waals surface area (Å²) in [5.74, 6) is 1.06. The molecule has 1 atom stereocenters. The van der Waals surface area contributed by atoms with Gasteiger partial charge in [0.1, 0.15) is 0 Å². The molecule has 1 unspecified atom stereocenters. The Morgan fingerprint density at radius 2 is 1.27 bits per heavy atom. The Kier molecular flexibility index (Phi) is 18.4. The van der Waals surface area contributed by atoms with Crippen LogP contribution in [0.25, 0.3) is 0 Å². The van der Waals surface area contributed by atoms with Gasteiger partial charge in [0, 0.05) is 12.8 Å². The van der Waals surface area contributed by atoms with Gasteiger partial charge in [-0.1, -0.05) is 72.8 Å². The first-order valence-corrected chi connectivity index (χ1v) is 12.0. The van der Waals surface area contributed by atoms with Crippen molar-refractivity contribution in [2.45, 2.75) is 106 Å². The van der Waals surface area contributed by atoms with Crippen molar-refractivity contribution in [2.24, 2.45) is 11.3 Å². The number of allylic oxidation sites excluding steroid dienone is 6. The topological polar surface area (TPSA) is 34.1 Å². The maximum absolute atomic E-state index is 11.8. The molecule has 0 radical (unpaired) electrons. The molecule has 0 fully saturated rings. The van der Waals surface area contributed by atoms with Gasteiger partial charge < -0.3 is 0 Å². The van der Waals surface area contributed by atoms with Gasteiger partial charge in [-0.05, 0) is 67.4 Å². The minimum Gasteiger partial charge on any atom is -0.295 e. The molecule has 0 saturated carbocycles. The number of carbonyl (C=O) groups excluding carboxylic acids is 2. The molecule has 0 aliphatic heterocycles. The highest BCUT2D eigenvalue weighted by Gasteiger charge is 2.23. The monoisotopic (exact) mass is 416 g/mol. The van der Waals surface area contributed by atoms with E-state index in [4.69, 9.17) is 0 Å². The second-order valence-electron chi connectivity index (χ2n) is 7.88. The van der Waals surface area contributed by atoms with E-state index in [9.17, 15) is 9.59 Å². The normalized spacial score (nSPS) is 13.2. The van der Waals surface area contributed by atoms with Crippen molar-refractivity contribution in [3.05, 3.63) is 48.6 Å². The third-order valence-corrected chi connectivity index (χ3v) is 5.99. The van der Waals surface area contributed by atoms with Gasteiger partial charge in [0.15, 0.2) is 11.6 Å². The van der Waals surface area contributed by atoms with Crippen LogP contribution in [0.3, 0.4) is 0 Å². The van der Waals surface area contributed by atoms with Gasteiger partial charge in [0.25, 0.3) is 0 Å². The molecular weight excluding hydrogens is 368 g/mol. The SMILES string of the molecule is C=CCC(/C=C(\CC)C(=O)CC)(CC)CC.C=CCC(/C=C(\CC)C(=O)CC)CC. The lowest BCUT2D eigenvalue weighted by Crippen LogP contribution is -2.17. The lowest BCUT2D eigenvalue weighted by molar-refractivity contribution is -0.116. The van der Waals surface area contributed by atoms with E-state index in [1.54, 1.807) is 0 Å². The quantitative estimate of drug-likeness (QED) is 0.198. The van der Waals surface area contributed by atoms with Crippen LogP contribution >= 0.6 is 0 Å². The van der Waals surface area contributed by atoms with E-state index in [1.807, 2.05) is 32.9 Å². The number of hydrogen-bond acceptors (Lipinski definition) is 2. The zero-order valence-corrected chi connectivity index (χ0v) is 21.0. The van der Waals surface area contributed by atoms with Crippen molar-refractivity contribution in [1.29, 1.82) is 0 Å². The van der Waals surface area contributed by atoms with Crippen LogP contribution in [-0.4, -0.2) is 11.6 Å². The van der Waals surface area contributed by atoms with Crippen LogP contribution in [0, 0.1) is 11.3 Å². The summed E-state index contributed by atoms with van der Waals surface area (Å²) in [5.41, 5.74) is 2.12. The summed E-state index contributed by atoms with van der Waals surface area (Å²) in [7, 11) is 0. The molecule has 30 heavy (non-hydrogen) atoms. The van der Waals surface area contributed by atoms with E-state index >= 15 is 0 Å². The average Bonchev–Trinajstić information content (AvgIpc) is 2.78. The molecule has 0 N–H and O–H groups in total. The first-order valence-electron chi connectivity index (χ1n) is 12.0. The molecule has 0 amide bonds. The summed E-state index contributed by atoms with van der Waals surface area (Å²) in [5, 5.41) is 0. The smallest absolute Gasteiger partial charge is 0.158 e. The maximum Gasteiger partial charge on any atom is 0.158 e. The lowest BCUT2D eigenvalue weighted by atomic mass is 9.77. The number of Topliss-reactive ketones (excluding diaryl/α,β-unsaturated/α-hetero) is 2. The number of hydrogen-bond donors (Lipinski definition) is 0. The molecule has 0 aliphatic carbocycles. The van der Waals surface area contributed by atoms with Gasteiger partial charge in [-0.15, -0.1) is 13.2 Å². The fourth-order valence-electron chi connectivity index (χ4n) is 3.55. The lowest BCUT2D eigenvalue weighted by Gasteiger charge is -2.28. The zero-order chi connectivity index (χ0) is 23.6. The summed E-state index contributed by atoms with van der Waals surface area (Å²) in [6.07, 6.45) is 16.3. The predicted octanol–water partition coefficient (Wildman–Crippen LogP) is 8.59. The second-order valence-corrected chi connectivity index (χ2v) is 7.88. The van der Waals surface area contributed by atoms with E-state index in [0.717, 1.165) is 56.1 Å². The van der Waals surface area contributed by atoms with Crippen molar-refractivity contribution in [3.63, 3.8) is 0 Å².